The molecular formula is C21H28BrNO2. The zero-order chi connectivity index (χ0) is 16.6. The molecule has 2 aromatic carbocycles. The molecule has 1 aliphatic heterocycles. The van der Waals surface area contributed by atoms with Crippen molar-refractivity contribution in [1.82, 2.24) is 4.90 Å². The molecule has 1 atom stereocenters. The highest BCUT2D eigenvalue weighted by Crippen LogP contribution is 2.29. The molecule has 0 amide bonds. The molecule has 1 saturated heterocycles. The Bertz CT molecular complexity index is 614. The molecule has 0 aromatic heterocycles. The Balaban J connectivity index is 0.00000225. The Morgan fingerprint density at radius 3 is 2.36 bits per heavy atom. The van der Waals surface area contributed by atoms with Gasteiger partial charge < -0.3 is 14.7 Å². The molecule has 0 spiro atoms. The van der Waals surface area contributed by atoms with Gasteiger partial charge in [0.15, 0.2) is 0 Å². The second-order valence-corrected chi connectivity index (χ2v) is 6.46. The molecule has 0 radical (unpaired) electrons. The number of benzene rings is 2. The summed E-state index contributed by atoms with van der Waals surface area (Å²) in [6, 6.07) is 17.5. The lowest BCUT2D eigenvalue weighted by molar-refractivity contribution is 0.195. The van der Waals surface area contributed by atoms with Gasteiger partial charge in [-0.2, -0.15) is 0 Å². The van der Waals surface area contributed by atoms with Crippen LogP contribution < -0.4 is 4.74 Å². The summed E-state index contributed by atoms with van der Waals surface area (Å²) in [4.78, 5) is 2.53. The van der Waals surface area contributed by atoms with E-state index in [4.69, 9.17) is 4.74 Å². The summed E-state index contributed by atoms with van der Waals surface area (Å²) >= 11 is 0. The van der Waals surface area contributed by atoms with Crippen LogP contribution in [0.25, 0.3) is 0 Å². The van der Waals surface area contributed by atoms with Crippen LogP contribution in [-0.4, -0.2) is 36.2 Å². The van der Waals surface area contributed by atoms with Crippen molar-refractivity contribution in [2.45, 2.75) is 31.8 Å². The van der Waals surface area contributed by atoms with Gasteiger partial charge in [0.25, 0.3) is 0 Å². The van der Waals surface area contributed by atoms with Crippen LogP contribution in [0.2, 0.25) is 0 Å². The summed E-state index contributed by atoms with van der Waals surface area (Å²) in [5.41, 5.74) is 1.73. The van der Waals surface area contributed by atoms with Crippen LogP contribution in [0.4, 0.5) is 0 Å². The molecule has 1 fully saturated rings. The maximum Gasteiger partial charge on any atom is 0.125 e. The Labute approximate surface area is 161 Å². The minimum absolute atomic E-state index is 0. The van der Waals surface area contributed by atoms with Crippen LogP contribution in [0.15, 0.2) is 54.6 Å². The number of ether oxygens (including phenoxy) is 1. The highest BCUT2D eigenvalue weighted by atomic mass is 79.9. The van der Waals surface area contributed by atoms with Gasteiger partial charge in [-0.05, 0) is 44.0 Å². The molecule has 1 unspecified atom stereocenters. The first-order chi connectivity index (χ1) is 11.8. The Morgan fingerprint density at radius 1 is 0.920 bits per heavy atom. The zero-order valence-electron chi connectivity index (χ0n) is 14.6. The third kappa shape index (κ3) is 5.84. The van der Waals surface area contributed by atoms with E-state index in [1.54, 1.807) is 0 Å². The van der Waals surface area contributed by atoms with Gasteiger partial charge in [-0.25, -0.2) is 0 Å². The van der Waals surface area contributed by atoms with Crippen LogP contribution in [-0.2, 0) is 0 Å². The molecule has 1 N–H and O–H groups in total. The lowest BCUT2D eigenvalue weighted by atomic mass is 10.0. The number of piperidine rings is 1. The van der Waals surface area contributed by atoms with Crippen LogP contribution >= 0.6 is 17.0 Å². The number of halogens is 1. The summed E-state index contributed by atoms with van der Waals surface area (Å²) in [7, 11) is 0. The van der Waals surface area contributed by atoms with Crippen LogP contribution in [0.5, 0.6) is 5.75 Å². The molecule has 1 heterocycles. The van der Waals surface area contributed by atoms with Gasteiger partial charge in [-0.3, -0.25) is 0 Å². The van der Waals surface area contributed by atoms with Gasteiger partial charge in [0.05, 0.1) is 6.61 Å². The summed E-state index contributed by atoms with van der Waals surface area (Å²) in [5, 5.41) is 10.6. The lowest BCUT2D eigenvalue weighted by Gasteiger charge is -2.26. The van der Waals surface area contributed by atoms with E-state index in [0.717, 1.165) is 29.8 Å². The number of aliphatic hydroxyl groups excluding tert-OH is 1. The molecule has 3 rings (SSSR count). The Hall–Kier alpha value is -1.36. The molecule has 3 nitrogen and oxygen atoms in total. The van der Waals surface area contributed by atoms with E-state index in [1.807, 2.05) is 54.6 Å². The monoisotopic (exact) mass is 405 g/mol. The second-order valence-electron chi connectivity index (χ2n) is 6.46. The molecule has 136 valence electrons. The molecule has 25 heavy (non-hydrogen) atoms. The predicted octanol–water partition coefficient (Wildman–Crippen LogP) is 4.60. The van der Waals surface area contributed by atoms with Crippen LogP contribution in [0.3, 0.4) is 0 Å². The predicted molar refractivity (Wildman–Crippen MR) is 108 cm³/mol. The van der Waals surface area contributed by atoms with E-state index in [9.17, 15) is 5.11 Å². The normalized spacial score (nSPS) is 16.0. The number of rotatable bonds is 7. The van der Waals surface area contributed by atoms with E-state index in [0.29, 0.717) is 6.61 Å². The summed E-state index contributed by atoms with van der Waals surface area (Å²) in [5.74, 6) is 0.785. The number of hydrogen-bond acceptors (Lipinski definition) is 3. The number of para-hydroxylation sites is 1. The number of nitrogens with zero attached hydrogens (tertiary/aromatic N) is 1. The second kappa shape index (κ2) is 10.6. The van der Waals surface area contributed by atoms with E-state index >= 15 is 0 Å². The van der Waals surface area contributed by atoms with Crippen molar-refractivity contribution in [2.75, 3.05) is 26.2 Å². The minimum Gasteiger partial charge on any atom is -0.493 e. The van der Waals surface area contributed by atoms with Crippen molar-refractivity contribution in [2.24, 2.45) is 0 Å². The maximum atomic E-state index is 10.6. The molecule has 0 saturated carbocycles. The molecule has 1 aliphatic rings. The third-order valence-corrected chi connectivity index (χ3v) is 4.65. The maximum absolute atomic E-state index is 10.6. The van der Waals surface area contributed by atoms with Crippen molar-refractivity contribution >= 4 is 17.0 Å². The highest BCUT2D eigenvalue weighted by molar-refractivity contribution is 8.93. The van der Waals surface area contributed by atoms with Crippen molar-refractivity contribution in [3.05, 3.63) is 65.7 Å². The van der Waals surface area contributed by atoms with E-state index in [2.05, 4.69) is 4.90 Å². The summed E-state index contributed by atoms with van der Waals surface area (Å²) in [6.45, 7) is 4.24. The van der Waals surface area contributed by atoms with E-state index in [1.165, 1.54) is 32.4 Å². The fourth-order valence-electron chi connectivity index (χ4n) is 3.31. The first-order valence-electron chi connectivity index (χ1n) is 9.02. The quantitative estimate of drug-likeness (QED) is 0.683. The minimum atomic E-state index is -0.649. The third-order valence-electron chi connectivity index (χ3n) is 4.65. The van der Waals surface area contributed by atoms with Gasteiger partial charge in [-0.1, -0.05) is 55.0 Å². The fraction of sp³-hybridized carbons (Fsp3) is 0.429. The largest absolute Gasteiger partial charge is 0.493 e. The number of hydrogen-bond donors (Lipinski definition) is 1. The Kier molecular flexibility index (Phi) is 8.45. The van der Waals surface area contributed by atoms with Crippen molar-refractivity contribution in [3.63, 3.8) is 0 Å². The molecular weight excluding hydrogens is 378 g/mol. The molecule has 0 bridgehead atoms. The van der Waals surface area contributed by atoms with Gasteiger partial charge in [-0.15, -0.1) is 17.0 Å². The highest BCUT2D eigenvalue weighted by Gasteiger charge is 2.15. The lowest BCUT2D eigenvalue weighted by Crippen LogP contribution is -2.31. The van der Waals surface area contributed by atoms with Crippen LogP contribution in [0.1, 0.15) is 42.9 Å². The van der Waals surface area contributed by atoms with E-state index < -0.39 is 6.10 Å². The summed E-state index contributed by atoms with van der Waals surface area (Å²) < 4.78 is 5.98. The van der Waals surface area contributed by atoms with Crippen molar-refractivity contribution in [1.29, 1.82) is 0 Å². The standard InChI is InChI=1S/C21H27NO2.BrH/c23-21(18-10-3-1-4-11-18)19-12-5-6-13-20(19)24-17-9-16-22-14-7-2-8-15-22;/h1,3-6,10-13,21,23H,2,7-9,14-17H2;1H. The van der Waals surface area contributed by atoms with Gasteiger partial charge in [0.2, 0.25) is 0 Å². The zero-order valence-corrected chi connectivity index (χ0v) is 16.4. The van der Waals surface area contributed by atoms with Crippen LogP contribution in [0, 0.1) is 0 Å². The first kappa shape index (κ1) is 20.0. The Morgan fingerprint density at radius 2 is 1.60 bits per heavy atom. The summed E-state index contributed by atoms with van der Waals surface area (Å²) in [6.07, 6.45) is 4.40. The first-order valence-corrected chi connectivity index (χ1v) is 9.02. The fourth-order valence-corrected chi connectivity index (χ4v) is 3.31. The molecule has 2 aromatic rings. The number of aliphatic hydroxyl groups is 1. The topological polar surface area (TPSA) is 32.7 Å². The number of likely N-dealkylation sites (tertiary alicyclic amines) is 1. The van der Waals surface area contributed by atoms with Gasteiger partial charge >= 0.3 is 0 Å². The van der Waals surface area contributed by atoms with Gasteiger partial charge in [0.1, 0.15) is 11.9 Å². The van der Waals surface area contributed by atoms with Crippen molar-refractivity contribution < 1.29 is 9.84 Å². The smallest absolute Gasteiger partial charge is 0.125 e. The van der Waals surface area contributed by atoms with Gasteiger partial charge in [0, 0.05) is 12.1 Å². The SMILES string of the molecule is Br.OC(c1ccccc1)c1ccccc1OCCCN1CCCCC1. The average Bonchev–Trinajstić information content (AvgIpc) is 2.66. The molecule has 0 aliphatic carbocycles. The average molecular weight is 406 g/mol. The van der Waals surface area contributed by atoms with Crippen molar-refractivity contribution in [3.8, 4) is 5.75 Å². The molecule has 4 heteroatoms. The van der Waals surface area contributed by atoms with E-state index in [-0.39, 0.29) is 17.0 Å².